The molecule has 1 aliphatic rings. The summed E-state index contributed by atoms with van der Waals surface area (Å²) in [4.78, 5) is 14.5. The Balaban J connectivity index is 1.46. The largest absolute Gasteiger partial charge is 0.379 e. The number of carbonyl (C=O) groups excluding carboxylic acids is 1. The Morgan fingerprint density at radius 2 is 1.97 bits per heavy atom. The van der Waals surface area contributed by atoms with Gasteiger partial charge < -0.3 is 16.0 Å². The fourth-order valence-electron chi connectivity index (χ4n) is 4.73. The highest BCUT2D eigenvalue weighted by Gasteiger charge is 2.37. The second-order valence-corrected chi connectivity index (χ2v) is 9.51. The minimum absolute atomic E-state index is 0.0736. The van der Waals surface area contributed by atoms with Gasteiger partial charge in [0.05, 0.1) is 23.0 Å². The quantitative estimate of drug-likeness (QED) is 0.461. The molecule has 1 aliphatic heterocycles. The third-order valence-corrected chi connectivity index (χ3v) is 6.65. The van der Waals surface area contributed by atoms with Crippen LogP contribution in [0.1, 0.15) is 36.3 Å². The van der Waals surface area contributed by atoms with E-state index in [1.807, 2.05) is 54.7 Å². The lowest BCUT2D eigenvalue weighted by Gasteiger charge is -2.45. The number of rotatable bonds is 5. The first-order valence-corrected chi connectivity index (χ1v) is 11.5. The maximum absolute atomic E-state index is 12.3. The monoisotopic (exact) mass is 466 g/mol. The molecule has 5 rings (SSSR count). The normalized spacial score (nSPS) is 17.2. The number of hydrogen-bond donors (Lipinski definition) is 2. The summed E-state index contributed by atoms with van der Waals surface area (Å²) < 4.78 is 1.78. The summed E-state index contributed by atoms with van der Waals surface area (Å²) in [7, 11) is 0. The van der Waals surface area contributed by atoms with Crippen LogP contribution in [0, 0.1) is 16.7 Å². The molecule has 3 N–H and O–H groups in total. The second-order valence-electron chi connectivity index (χ2n) is 9.51. The van der Waals surface area contributed by atoms with Crippen LogP contribution in [0.2, 0.25) is 0 Å². The zero-order valence-corrected chi connectivity index (χ0v) is 19.6. The fourth-order valence-corrected chi connectivity index (χ4v) is 4.73. The van der Waals surface area contributed by atoms with Crippen molar-refractivity contribution in [3.05, 3.63) is 72.2 Å². The Hall–Kier alpha value is -4.45. The van der Waals surface area contributed by atoms with Crippen molar-refractivity contribution in [2.45, 2.75) is 26.3 Å². The first kappa shape index (κ1) is 22.3. The molecule has 1 saturated heterocycles. The minimum atomic E-state index is -0.520. The molecule has 1 amide bonds. The molecule has 1 aromatic carbocycles. The molecule has 1 atom stereocenters. The van der Waals surface area contributed by atoms with Gasteiger partial charge in [-0.05, 0) is 30.2 Å². The number of primary amides is 1. The summed E-state index contributed by atoms with van der Waals surface area (Å²) in [5.74, 6) is 0.229. The summed E-state index contributed by atoms with van der Waals surface area (Å²) >= 11 is 0. The minimum Gasteiger partial charge on any atom is -0.379 e. The van der Waals surface area contributed by atoms with Gasteiger partial charge in [0.1, 0.15) is 6.07 Å². The van der Waals surface area contributed by atoms with Crippen LogP contribution in [0.25, 0.3) is 16.6 Å². The highest BCUT2D eigenvalue weighted by molar-refractivity contribution is 6.02. The summed E-state index contributed by atoms with van der Waals surface area (Å²) in [5.41, 5.74) is 9.82. The average Bonchev–Trinajstić information content (AvgIpc) is 3.30. The predicted molar refractivity (Wildman–Crippen MR) is 134 cm³/mol. The van der Waals surface area contributed by atoms with Crippen molar-refractivity contribution >= 4 is 22.9 Å². The number of fused-ring (bicyclic) bond motifs is 1. The molecule has 1 fully saturated rings. The number of benzene rings is 1. The summed E-state index contributed by atoms with van der Waals surface area (Å²) in [5, 5.41) is 25.3. The lowest BCUT2D eigenvalue weighted by Crippen LogP contribution is -2.52. The topological polar surface area (TPSA) is 125 Å². The predicted octanol–water partition coefficient (Wildman–Crippen LogP) is 3.48. The first-order valence-electron chi connectivity index (χ1n) is 11.5. The van der Waals surface area contributed by atoms with Crippen LogP contribution in [0.15, 0.2) is 60.9 Å². The van der Waals surface area contributed by atoms with Crippen LogP contribution >= 0.6 is 0 Å². The van der Waals surface area contributed by atoms with Gasteiger partial charge in [0, 0.05) is 36.3 Å². The molecule has 0 radical (unpaired) electrons. The number of nitriles is 1. The van der Waals surface area contributed by atoms with E-state index in [1.165, 1.54) is 6.20 Å². The summed E-state index contributed by atoms with van der Waals surface area (Å²) in [6.07, 6.45) is 4.30. The molecule has 0 bridgehead atoms. The van der Waals surface area contributed by atoms with Crippen LogP contribution in [-0.2, 0) is 0 Å². The van der Waals surface area contributed by atoms with Gasteiger partial charge in [-0.25, -0.2) is 4.52 Å². The van der Waals surface area contributed by atoms with Gasteiger partial charge in [-0.15, -0.1) is 10.2 Å². The van der Waals surface area contributed by atoms with Gasteiger partial charge in [-0.3, -0.25) is 4.79 Å². The zero-order chi connectivity index (χ0) is 24.6. The molecular weight excluding hydrogens is 440 g/mol. The highest BCUT2D eigenvalue weighted by atomic mass is 16.1. The molecule has 3 aromatic heterocycles. The van der Waals surface area contributed by atoms with Gasteiger partial charge in [0.15, 0.2) is 11.5 Å². The smallest absolute Gasteiger partial charge is 0.252 e. The lowest BCUT2D eigenvalue weighted by molar-refractivity contribution is 0.100. The number of piperidine rings is 1. The lowest BCUT2D eigenvalue weighted by atomic mass is 9.78. The van der Waals surface area contributed by atoms with Gasteiger partial charge >= 0.3 is 0 Å². The molecular formula is C26H26N8O. The van der Waals surface area contributed by atoms with E-state index in [1.54, 1.807) is 10.6 Å². The van der Waals surface area contributed by atoms with Crippen molar-refractivity contribution in [3.8, 4) is 17.2 Å². The van der Waals surface area contributed by atoms with E-state index in [0.29, 0.717) is 16.9 Å². The van der Waals surface area contributed by atoms with E-state index in [4.69, 9.17) is 11.0 Å². The number of nitrogens with two attached hydrogens (primary N) is 1. The SMILES string of the molecule is CC1(C)CN(c2ccc(C#N)nn2)CCC1Nc1c(C(N)=O)cnn2cc(-c3ccccc3)cc12. The number of nitrogens with one attached hydrogen (secondary N) is 1. The molecule has 35 heavy (non-hydrogen) atoms. The van der Waals surface area contributed by atoms with E-state index in [9.17, 15) is 4.79 Å². The standard InChI is InChI=1S/C26H26N8O/c1-26(2)16-33(23-9-8-19(13-27)31-32-23)11-10-22(26)30-24-20(25(28)35)14-29-34-15-18(12-21(24)34)17-6-4-3-5-7-17/h3-9,12,14-15,22,30H,10-11,16H2,1-2H3,(H2,28,35). The van der Waals surface area contributed by atoms with E-state index >= 15 is 0 Å². The van der Waals surface area contributed by atoms with Crippen LogP contribution in [-0.4, -0.2) is 44.8 Å². The average molecular weight is 467 g/mol. The van der Waals surface area contributed by atoms with Crippen LogP contribution in [0.4, 0.5) is 11.5 Å². The number of amides is 1. The van der Waals surface area contributed by atoms with Crippen molar-refractivity contribution in [1.82, 2.24) is 19.8 Å². The van der Waals surface area contributed by atoms with E-state index in [2.05, 4.69) is 39.4 Å². The number of anilines is 2. The third-order valence-electron chi connectivity index (χ3n) is 6.65. The Morgan fingerprint density at radius 1 is 1.17 bits per heavy atom. The van der Waals surface area contributed by atoms with Gasteiger partial charge in [0.25, 0.3) is 5.91 Å². The first-order chi connectivity index (χ1) is 16.9. The van der Waals surface area contributed by atoms with Crippen LogP contribution in [0.5, 0.6) is 0 Å². The van der Waals surface area contributed by atoms with Crippen molar-refractivity contribution in [2.24, 2.45) is 11.1 Å². The maximum Gasteiger partial charge on any atom is 0.252 e. The molecule has 9 heteroatoms. The number of hydrogen-bond acceptors (Lipinski definition) is 7. The molecule has 4 aromatic rings. The molecule has 4 heterocycles. The van der Waals surface area contributed by atoms with E-state index < -0.39 is 5.91 Å². The van der Waals surface area contributed by atoms with Gasteiger partial charge in [-0.1, -0.05) is 44.2 Å². The van der Waals surface area contributed by atoms with Gasteiger partial charge in [0.2, 0.25) is 0 Å². The maximum atomic E-state index is 12.3. The summed E-state index contributed by atoms with van der Waals surface area (Å²) in [6, 6.07) is 17.7. The van der Waals surface area contributed by atoms with Crippen molar-refractivity contribution in [2.75, 3.05) is 23.3 Å². The Kier molecular flexibility index (Phi) is 5.57. The molecule has 1 unspecified atom stereocenters. The van der Waals surface area contributed by atoms with Crippen LogP contribution in [0.3, 0.4) is 0 Å². The van der Waals surface area contributed by atoms with Gasteiger partial charge in [-0.2, -0.15) is 10.4 Å². The number of aromatic nitrogens is 4. The number of nitrogens with zero attached hydrogens (tertiary/aromatic N) is 6. The Bertz CT molecular complexity index is 1420. The highest BCUT2D eigenvalue weighted by Crippen LogP contribution is 2.36. The Labute approximate surface area is 203 Å². The van der Waals surface area contributed by atoms with Crippen LogP contribution < -0.4 is 16.0 Å². The summed E-state index contributed by atoms with van der Waals surface area (Å²) in [6.45, 7) is 5.85. The van der Waals surface area contributed by atoms with E-state index in [-0.39, 0.29) is 11.5 Å². The molecule has 9 nitrogen and oxygen atoms in total. The van der Waals surface area contributed by atoms with Crippen molar-refractivity contribution < 1.29 is 4.79 Å². The third kappa shape index (κ3) is 4.26. The van der Waals surface area contributed by atoms with Crippen molar-refractivity contribution in [3.63, 3.8) is 0 Å². The molecule has 0 spiro atoms. The number of carbonyl (C=O) groups is 1. The van der Waals surface area contributed by atoms with E-state index in [0.717, 1.165) is 42.0 Å². The molecule has 0 aliphatic carbocycles. The Morgan fingerprint density at radius 3 is 2.63 bits per heavy atom. The second kappa shape index (κ2) is 8.72. The van der Waals surface area contributed by atoms with Crippen molar-refractivity contribution in [1.29, 1.82) is 5.26 Å². The zero-order valence-electron chi connectivity index (χ0n) is 19.6. The molecule has 176 valence electrons. The molecule has 0 saturated carbocycles. The fraction of sp³-hybridized carbons (Fsp3) is 0.269.